The van der Waals surface area contributed by atoms with Crippen LogP contribution in [0.3, 0.4) is 0 Å². The number of carbonyl (C=O) groups is 4. The van der Waals surface area contributed by atoms with Gasteiger partial charge < -0.3 is 27.0 Å². The molecule has 11 heteroatoms. The quantitative estimate of drug-likeness (QED) is 0.291. The first-order valence-electron chi connectivity index (χ1n) is 12.2. The van der Waals surface area contributed by atoms with Crippen molar-refractivity contribution in [3.05, 3.63) is 65.7 Å². The number of pyridine rings is 2. The van der Waals surface area contributed by atoms with Crippen LogP contribution in [0.15, 0.2) is 54.6 Å². The van der Waals surface area contributed by atoms with E-state index in [0.29, 0.717) is 0 Å². The summed E-state index contributed by atoms with van der Waals surface area (Å²) >= 11 is 0. The summed E-state index contributed by atoms with van der Waals surface area (Å²) in [4.78, 5) is 58.9. The Hall–Kier alpha value is -4.80. The second-order valence-corrected chi connectivity index (χ2v) is 11.0. The van der Waals surface area contributed by atoms with E-state index in [1.807, 2.05) is 0 Å². The molecule has 4 amide bonds. The molecule has 0 saturated carbocycles. The van der Waals surface area contributed by atoms with Crippen molar-refractivity contribution >= 4 is 52.6 Å². The molecular weight excluding hydrogens is 498 g/mol. The van der Waals surface area contributed by atoms with Gasteiger partial charge in [0.05, 0.1) is 0 Å². The summed E-state index contributed by atoms with van der Waals surface area (Å²) in [6.45, 7) is 10.7. The number of hydrogen-bond acceptors (Lipinski definition) is 7. The molecule has 0 fully saturated rings. The highest BCUT2D eigenvalue weighted by molar-refractivity contribution is 6.09. The van der Waals surface area contributed by atoms with E-state index in [0.717, 1.165) is 0 Å². The standard InChI is InChI=1S/C28H33N7O4/c1-27(2,3)25(38)34-21-11-7-9-19(30-21)32-23(36)16-13-17(15-18(29)14-16)24(37)33-20-10-8-12-22(31-20)35-26(39)28(4,5)6/h7-15H,29H2,1-6H3,(H2,30,32,34,36,38)(H2,31,33,35,37,39). The van der Waals surface area contributed by atoms with E-state index < -0.39 is 22.6 Å². The van der Waals surface area contributed by atoms with Crippen molar-refractivity contribution in [3.63, 3.8) is 0 Å². The molecular formula is C28H33N7O4. The van der Waals surface area contributed by atoms with Crippen LogP contribution in [0.4, 0.5) is 29.0 Å². The molecule has 3 rings (SSSR count). The zero-order chi connectivity index (χ0) is 29.0. The number of rotatable bonds is 6. The van der Waals surface area contributed by atoms with E-state index in [4.69, 9.17) is 5.73 Å². The summed E-state index contributed by atoms with van der Waals surface area (Å²) in [6.07, 6.45) is 0. The Morgan fingerprint density at radius 2 is 0.923 bits per heavy atom. The maximum absolute atomic E-state index is 12.9. The summed E-state index contributed by atoms with van der Waals surface area (Å²) in [5.74, 6) is -0.552. The van der Waals surface area contributed by atoms with Crippen molar-refractivity contribution in [1.29, 1.82) is 0 Å². The van der Waals surface area contributed by atoms with Crippen molar-refractivity contribution in [2.24, 2.45) is 10.8 Å². The fourth-order valence-corrected chi connectivity index (χ4v) is 3.05. The SMILES string of the molecule is CC(C)(C)C(=O)Nc1cccc(NC(=O)c2cc(N)cc(C(=O)Nc3cccc(NC(=O)C(C)(C)C)n3)c2)n1. The molecule has 0 radical (unpaired) electrons. The van der Waals surface area contributed by atoms with Crippen LogP contribution in [0.2, 0.25) is 0 Å². The Labute approximate surface area is 227 Å². The van der Waals surface area contributed by atoms with Gasteiger partial charge in [0.25, 0.3) is 11.8 Å². The largest absolute Gasteiger partial charge is 0.399 e. The first-order valence-corrected chi connectivity index (χ1v) is 12.2. The van der Waals surface area contributed by atoms with E-state index in [2.05, 4.69) is 31.2 Å². The predicted molar refractivity (Wildman–Crippen MR) is 151 cm³/mol. The fourth-order valence-electron chi connectivity index (χ4n) is 3.05. The molecule has 6 N–H and O–H groups in total. The van der Waals surface area contributed by atoms with Gasteiger partial charge in [-0.05, 0) is 42.5 Å². The van der Waals surface area contributed by atoms with Crippen LogP contribution in [-0.2, 0) is 9.59 Å². The van der Waals surface area contributed by atoms with Gasteiger partial charge in [0.1, 0.15) is 23.3 Å². The molecule has 0 bridgehead atoms. The summed E-state index contributed by atoms with van der Waals surface area (Å²) < 4.78 is 0. The lowest BCUT2D eigenvalue weighted by molar-refractivity contribution is -0.123. The zero-order valence-corrected chi connectivity index (χ0v) is 22.8. The Bertz CT molecular complexity index is 1320. The van der Waals surface area contributed by atoms with Gasteiger partial charge >= 0.3 is 0 Å². The first-order chi connectivity index (χ1) is 18.1. The number of hydrogen-bond donors (Lipinski definition) is 5. The fraction of sp³-hybridized carbons (Fsp3) is 0.286. The van der Waals surface area contributed by atoms with Crippen LogP contribution in [0.25, 0.3) is 0 Å². The minimum atomic E-state index is -0.614. The van der Waals surface area contributed by atoms with Crippen LogP contribution in [0, 0.1) is 10.8 Å². The topological polar surface area (TPSA) is 168 Å². The van der Waals surface area contributed by atoms with Crippen LogP contribution >= 0.6 is 0 Å². The maximum Gasteiger partial charge on any atom is 0.256 e. The number of nitrogen functional groups attached to an aromatic ring is 1. The van der Waals surface area contributed by atoms with Gasteiger partial charge in [-0.1, -0.05) is 53.7 Å². The molecule has 0 saturated heterocycles. The van der Waals surface area contributed by atoms with E-state index in [1.165, 1.54) is 18.2 Å². The average molecular weight is 532 g/mol. The lowest BCUT2D eigenvalue weighted by atomic mass is 9.96. The molecule has 2 heterocycles. The third-order valence-electron chi connectivity index (χ3n) is 5.31. The lowest BCUT2D eigenvalue weighted by Crippen LogP contribution is -2.28. The highest BCUT2D eigenvalue weighted by atomic mass is 16.2. The van der Waals surface area contributed by atoms with Gasteiger partial charge in [-0.3, -0.25) is 19.2 Å². The molecule has 204 valence electrons. The third-order valence-corrected chi connectivity index (χ3v) is 5.31. The van der Waals surface area contributed by atoms with Crippen molar-refractivity contribution in [2.75, 3.05) is 27.0 Å². The molecule has 0 aliphatic carbocycles. The number of amides is 4. The molecule has 0 spiro atoms. The van der Waals surface area contributed by atoms with Gasteiger partial charge in [-0.25, -0.2) is 9.97 Å². The van der Waals surface area contributed by atoms with E-state index in [-0.39, 0.29) is 51.9 Å². The van der Waals surface area contributed by atoms with Gasteiger partial charge in [0, 0.05) is 27.6 Å². The molecule has 1 aromatic carbocycles. The lowest BCUT2D eigenvalue weighted by Gasteiger charge is -2.17. The highest BCUT2D eigenvalue weighted by Gasteiger charge is 2.23. The van der Waals surface area contributed by atoms with Gasteiger partial charge in [-0.15, -0.1) is 0 Å². The Kier molecular flexibility index (Phi) is 8.33. The van der Waals surface area contributed by atoms with Gasteiger partial charge in [-0.2, -0.15) is 0 Å². The minimum Gasteiger partial charge on any atom is -0.399 e. The van der Waals surface area contributed by atoms with E-state index in [1.54, 1.807) is 77.9 Å². The molecule has 0 aliphatic rings. The monoisotopic (exact) mass is 531 g/mol. The van der Waals surface area contributed by atoms with Crippen LogP contribution in [0.5, 0.6) is 0 Å². The Morgan fingerprint density at radius 3 is 1.26 bits per heavy atom. The number of aromatic nitrogens is 2. The number of anilines is 5. The third kappa shape index (κ3) is 8.09. The normalized spacial score (nSPS) is 11.3. The summed E-state index contributed by atoms with van der Waals surface area (Å²) in [6, 6.07) is 13.9. The Balaban J connectivity index is 1.73. The number of nitrogens with one attached hydrogen (secondary N) is 4. The number of benzene rings is 1. The number of carbonyl (C=O) groups excluding carboxylic acids is 4. The molecule has 3 aromatic rings. The van der Waals surface area contributed by atoms with E-state index >= 15 is 0 Å². The first kappa shape index (κ1) is 28.8. The molecule has 0 unspecified atom stereocenters. The van der Waals surface area contributed by atoms with Crippen LogP contribution in [-0.4, -0.2) is 33.6 Å². The minimum absolute atomic E-state index is 0.130. The molecule has 0 atom stereocenters. The van der Waals surface area contributed by atoms with Gasteiger partial charge in [0.2, 0.25) is 11.8 Å². The van der Waals surface area contributed by atoms with Crippen molar-refractivity contribution in [2.45, 2.75) is 41.5 Å². The van der Waals surface area contributed by atoms with Gasteiger partial charge in [0.15, 0.2) is 0 Å². The summed E-state index contributed by atoms with van der Waals surface area (Å²) in [5.41, 5.74) is 5.21. The summed E-state index contributed by atoms with van der Waals surface area (Å²) in [7, 11) is 0. The second kappa shape index (κ2) is 11.3. The van der Waals surface area contributed by atoms with E-state index in [9.17, 15) is 19.2 Å². The molecule has 11 nitrogen and oxygen atoms in total. The highest BCUT2D eigenvalue weighted by Crippen LogP contribution is 2.20. The zero-order valence-electron chi connectivity index (χ0n) is 22.8. The molecule has 0 aliphatic heterocycles. The molecule has 39 heavy (non-hydrogen) atoms. The van der Waals surface area contributed by atoms with Crippen LogP contribution in [0.1, 0.15) is 62.3 Å². The maximum atomic E-state index is 12.9. The van der Waals surface area contributed by atoms with Crippen molar-refractivity contribution in [3.8, 4) is 0 Å². The smallest absolute Gasteiger partial charge is 0.256 e. The predicted octanol–water partition coefficient (Wildman–Crippen LogP) is 4.53. The summed E-state index contributed by atoms with van der Waals surface area (Å²) in [5, 5.41) is 10.7. The van der Waals surface area contributed by atoms with Crippen molar-refractivity contribution < 1.29 is 19.2 Å². The van der Waals surface area contributed by atoms with Crippen molar-refractivity contribution in [1.82, 2.24) is 9.97 Å². The van der Waals surface area contributed by atoms with Crippen LogP contribution < -0.4 is 27.0 Å². The number of nitrogens with two attached hydrogens (primary N) is 1. The second-order valence-electron chi connectivity index (χ2n) is 11.0. The Morgan fingerprint density at radius 1 is 0.590 bits per heavy atom. The average Bonchev–Trinajstić information content (AvgIpc) is 2.83. The molecule has 2 aromatic heterocycles. The number of nitrogens with zero attached hydrogens (tertiary/aromatic N) is 2.